The van der Waals surface area contributed by atoms with E-state index < -0.39 is 49.9 Å². The summed E-state index contributed by atoms with van der Waals surface area (Å²) in [7, 11) is -3.88. The first-order valence-electron chi connectivity index (χ1n) is 10.0. The third kappa shape index (κ3) is 3.17. The van der Waals surface area contributed by atoms with Crippen LogP contribution in [0.15, 0.2) is 60.7 Å². The predicted molar refractivity (Wildman–Crippen MR) is 112 cm³/mol. The third-order valence-electron chi connectivity index (χ3n) is 6.19. The van der Waals surface area contributed by atoms with Crippen LogP contribution in [0.1, 0.15) is 37.5 Å². The molecule has 0 radical (unpaired) electrons. The molecule has 2 heterocycles. The number of aldehydes is 1. The molecule has 0 N–H and O–H groups in total. The van der Waals surface area contributed by atoms with E-state index in [1.165, 1.54) is 13.8 Å². The SMILES string of the molecule is CC1(C)[C@H](C(=O)OC(c2ccccc2)c2ccccc2)N2C(=O)[C@@H](CC=O)[C@H]2S1(=O)=O. The van der Waals surface area contributed by atoms with Crippen LogP contribution in [0.5, 0.6) is 0 Å². The maximum absolute atomic E-state index is 13.4. The van der Waals surface area contributed by atoms with Gasteiger partial charge in [0.1, 0.15) is 17.7 Å². The minimum absolute atomic E-state index is 0.187. The lowest BCUT2D eigenvalue weighted by Gasteiger charge is -2.42. The first-order valence-corrected chi connectivity index (χ1v) is 11.6. The number of esters is 1. The molecular formula is C23H23NO6S. The van der Waals surface area contributed by atoms with E-state index in [4.69, 9.17) is 4.74 Å². The van der Waals surface area contributed by atoms with Gasteiger partial charge >= 0.3 is 5.97 Å². The van der Waals surface area contributed by atoms with E-state index in [1.54, 1.807) is 0 Å². The molecule has 162 valence electrons. The molecule has 2 aromatic rings. The Bertz CT molecular complexity index is 1070. The average molecular weight is 442 g/mol. The fourth-order valence-electron chi connectivity index (χ4n) is 4.48. The standard InChI is InChI=1S/C23H23NO6S/c1-23(2)19(24-20(26)17(13-14-25)21(24)31(23,28)29)22(27)30-18(15-9-5-3-6-10-15)16-11-7-4-8-12-16/h3-12,14,17-19,21H,13H2,1-2H3/t17-,19+,21-/m1/s1. The number of amides is 1. The van der Waals surface area contributed by atoms with Gasteiger partial charge in [0.2, 0.25) is 5.91 Å². The molecule has 2 aromatic carbocycles. The molecule has 8 heteroatoms. The van der Waals surface area contributed by atoms with Crippen molar-refractivity contribution in [2.24, 2.45) is 5.92 Å². The molecular weight excluding hydrogens is 418 g/mol. The highest BCUT2D eigenvalue weighted by Crippen LogP contribution is 2.50. The summed E-state index contributed by atoms with van der Waals surface area (Å²) < 4.78 is 30.6. The number of carbonyl (C=O) groups excluding carboxylic acids is 3. The van der Waals surface area contributed by atoms with Crippen LogP contribution in [0.4, 0.5) is 0 Å². The lowest BCUT2D eigenvalue weighted by Crippen LogP contribution is -2.63. The van der Waals surface area contributed by atoms with Gasteiger partial charge in [0.05, 0.1) is 10.7 Å². The molecule has 0 aliphatic carbocycles. The van der Waals surface area contributed by atoms with Gasteiger partial charge in [-0.15, -0.1) is 0 Å². The molecule has 2 fully saturated rings. The Morgan fingerprint density at radius 1 is 1.06 bits per heavy atom. The van der Waals surface area contributed by atoms with Crippen LogP contribution < -0.4 is 0 Å². The Labute approximate surface area is 180 Å². The van der Waals surface area contributed by atoms with E-state index >= 15 is 0 Å². The number of rotatable bonds is 6. The van der Waals surface area contributed by atoms with Crippen molar-refractivity contribution >= 4 is 28.0 Å². The van der Waals surface area contributed by atoms with Crippen LogP contribution in [-0.4, -0.2) is 47.6 Å². The van der Waals surface area contributed by atoms with Crippen LogP contribution in [0.2, 0.25) is 0 Å². The van der Waals surface area contributed by atoms with Crippen molar-refractivity contribution in [2.75, 3.05) is 0 Å². The van der Waals surface area contributed by atoms with Crippen LogP contribution in [0, 0.1) is 5.92 Å². The van der Waals surface area contributed by atoms with Crippen LogP contribution in [0.25, 0.3) is 0 Å². The van der Waals surface area contributed by atoms with E-state index in [0.29, 0.717) is 6.29 Å². The Hall–Kier alpha value is -3.00. The van der Waals surface area contributed by atoms with E-state index in [9.17, 15) is 22.8 Å². The Kier molecular flexibility index (Phi) is 5.21. The molecule has 2 aliphatic rings. The summed E-state index contributed by atoms with van der Waals surface area (Å²) in [6, 6.07) is 17.0. The summed E-state index contributed by atoms with van der Waals surface area (Å²) in [5.74, 6) is -2.24. The number of hydrogen-bond donors (Lipinski definition) is 0. The van der Waals surface area contributed by atoms with Crippen molar-refractivity contribution < 1.29 is 27.5 Å². The number of hydrogen-bond acceptors (Lipinski definition) is 6. The van der Waals surface area contributed by atoms with Crippen molar-refractivity contribution in [3.8, 4) is 0 Å². The maximum Gasteiger partial charge on any atom is 0.331 e. The summed E-state index contributed by atoms with van der Waals surface area (Å²) in [5.41, 5.74) is 1.46. The molecule has 4 rings (SSSR count). The summed E-state index contributed by atoms with van der Waals surface area (Å²) in [5, 5.41) is -1.18. The molecule has 2 saturated heterocycles. The third-order valence-corrected chi connectivity index (χ3v) is 9.07. The van der Waals surface area contributed by atoms with E-state index in [2.05, 4.69) is 0 Å². The minimum Gasteiger partial charge on any atom is -0.451 e. The molecule has 0 saturated carbocycles. The van der Waals surface area contributed by atoms with Gasteiger partial charge in [0.25, 0.3) is 0 Å². The largest absolute Gasteiger partial charge is 0.451 e. The molecule has 1 amide bonds. The quantitative estimate of drug-likeness (QED) is 0.388. The lowest BCUT2D eigenvalue weighted by molar-refractivity contribution is -0.169. The Morgan fingerprint density at radius 3 is 2.06 bits per heavy atom. The van der Waals surface area contributed by atoms with Crippen molar-refractivity contribution in [3.05, 3.63) is 71.8 Å². The van der Waals surface area contributed by atoms with Crippen molar-refractivity contribution in [1.82, 2.24) is 4.90 Å². The smallest absolute Gasteiger partial charge is 0.331 e. The molecule has 2 aliphatic heterocycles. The zero-order valence-electron chi connectivity index (χ0n) is 17.2. The highest BCUT2D eigenvalue weighted by molar-refractivity contribution is 7.93. The predicted octanol–water partition coefficient (Wildman–Crippen LogP) is 2.27. The topological polar surface area (TPSA) is 97.8 Å². The minimum atomic E-state index is -3.88. The molecule has 0 aromatic heterocycles. The number of carbonyl (C=O) groups is 3. The highest BCUT2D eigenvalue weighted by atomic mass is 32.2. The normalized spacial score (nSPS) is 25.6. The van der Waals surface area contributed by atoms with Crippen LogP contribution in [0.3, 0.4) is 0 Å². The van der Waals surface area contributed by atoms with Gasteiger partial charge in [0, 0.05) is 6.42 Å². The van der Waals surface area contributed by atoms with Gasteiger partial charge in [-0.1, -0.05) is 60.7 Å². The monoisotopic (exact) mass is 441 g/mol. The Morgan fingerprint density at radius 2 is 1.58 bits per heavy atom. The van der Waals surface area contributed by atoms with Crippen LogP contribution in [-0.2, 0) is 29.0 Å². The van der Waals surface area contributed by atoms with Gasteiger partial charge in [0.15, 0.2) is 15.9 Å². The first kappa shape index (κ1) is 21.2. The molecule has 3 atom stereocenters. The van der Waals surface area contributed by atoms with Gasteiger partial charge in [-0.3, -0.25) is 4.79 Å². The van der Waals surface area contributed by atoms with Gasteiger partial charge in [-0.25, -0.2) is 13.2 Å². The second-order valence-electron chi connectivity index (χ2n) is 8.33. The number of benzene rings is 2. The molecule has 0 bridgehead atoms. The second-order valence-corrected chi connectivity index (χ2v) is 11.0. The number of nitrogens with zero attached hydrogens (tertiary/aromatic N) is 1. The summed E-state index contributed by atoms with van der Waals surface area (Å²) >= 11 is 0. The summed E-state index contributed by atoms with van der Waals surface area (Å²) in [4.78, 5) is 38.0. The zero-order valence-corrected chi connectivity index (χ0v) is 18.0. The fraction of sp³-hybridized carbons (Fsp3) is 0.348. The molecule has 0 spiro atoms. The highest BCUT2D eigenvalue weighted by Gasteiger charge is 2.72. The van der Waals surface area contributed by atoms with Gasteiger partial charge in [-0.05, 0) is 25.0 Å². The zero-order chi connectivity index (χ0) is 22.4. The van der Waals surface area contributed by atoms with Gasteiger partial charge < -0.3 is 14.4 Å². The number of sulfone groups is 1. The summed E-state index contributed by atoms with van der Waals surface area (Å²) in [6.45, 7) is 2.86. The summed E-state index contributed by atoms with van der Waals surface area (Å²) in [6.07, 6.45) is -0.405. The molecule has 0 unspecified atom stereocenters. The fourth-order valence-corrected chi connectivity index (χ4v) is 6.80. The second kappa shape index (κ2) is 7.60. The van der Waals surface area contributed by atoms with Crippen LogP contribution >= 0.6 is 0 Å². The van der Waals surface area contributed by atoms with Gasteiger partial charge in [-0.2, -0.15) is 0 Å². The van der Waals surface area contributed by atoms with E-state index in [-0.39, 0.29) is 6.42 Å². The van der Waals surface area contributed by atoms with E-state index in [1.807, 2.05) is 60.7 Å². The van der Waals surface area contributed by atoms with E-state index in [0.717, 1.165) is 16.0 Å². The number of ether oxygens (including phenoxy) is 1. The first-order chi connectivity index (χ1) is 14.7. The lowest BCUT2D eigenvalue weighted by atomic mass is 9.90. The number of fused-ring (bicyclic) bond motifs is 1. The molecule has 7 nitrogen and oxygen atoms in total. The van der Waals surface area contributed by atoms with Crippen molar-refractivity contribution in [3.63, 3.8) is 0 Å². The van der Waals surface area contributed by atoms with Crippen molar-refractivity contribution in [2.45, 2.75) is 42.5 Å². The number of β-lactam (4-membered cyclic amide) rings is 1. The Balaban J connectivity index is 1.70. The average Bonchev–Trinajstić information content (AvgIpc) is 2.91. The van der Waals surface area contributed by atoms with Crippen molar-refractivity contribution in [1.29, 1.82) is 0 Å². The maximum atomic E-state index is 13.4. The molecule has 31 heavy (non-hydrogen) atoms.